The number of aromatic nitrogens is 1. The minimum atomic E-state index is -0.624. The number of halogens is 3. The Labute approximate surface area is 125 Å². The standard InChI is InChI=1S/C16H10ClF2NO/c17-16-11(7-10-3-1-2-4-14(10)20-16)9-21-15-8-12(18)5-6-13(15)19/h1-8H,9H2. The summed E-state index contributed by atoms with van der Waals surface area (Å²) in [7, 11) is 0. The molecule has 0 bridgehead atoms. The van der Waals surface area contributed by atoms with Crippen molar-refractivity contribution in [1.29, 1.82) is 0 Å². The van der Waals surface area contributed by atoms with Gasteiger partial charge >= 0.3 is 0 Å². The normalized spacial score (nSPS) is 10.8. The van der Waals surface area contributed by atoms with Crippen molar-refractivity contribution in [2.24, 2.45) is 0 Å². The molecule has 0 aliphatic rings. The molecule has 0 saturated heterocycles. The van der Waals surface area contributed by atoms with Gasteiger partial charge in [0.25, 0.3) is 0 Å². The molecule has 3 rings (SSSR count). The molecule has 1 aromatic heterocycles. The lowest BCUT2D eigenvalue weighted by molar-refractivity contribution is 0.288. The molecule has 106 valence electrons. The second-order valence-corrected chi connectivity index (χ2v) is 4.85. The van der Waals surface area contributed by atoms with Gasteiger partial charge in [-0.15, -0.1) is 0 Å². The van der Waals surface area contributed by atoms with Crippen LogP contribution in [0.25, 0.3) is 10.9 Å². The summed E-state index contributed by atoms with van der Waals surface area (Å²) < 4.78 is 31.9. The number of nitrogens with zero attached hydrogens (tertiary/aromatic N) is 1. The van der Waals surface area contributed by atoms with Crippen LogP contribution in [0.5, 0.6) is 5.75 Å². The Morgan fingerprint density at radius 3 is 2.71 bits per heavy atom. The van der Waals surface area contributed by atoms with Crippen molar-refractivity contribution < 1.29 is 13.5 Å². The highest BCUT2D eigenvalue weighted by molar-refractivity contribution is 6.30. The average Bonchev–Trinajstić information content (AvgIpc) is 2.48. The molecule has 0 spiro atoms. The number of ether oxygens (including phenoxy) is 1. The molecular weight excluding hydrogens is 296 g/mol. The quantitative estimate of drug-likeness (QED) is 0.652. The highest BCUT2D eigenvalue weighted by Gasteiger charge is 2.09. The van der Waals surface area contributed by atoms with Crippen LogP contribution in [-0.4, -0.2) is 4.98 Å². The molecule has 0 atom stereocenters. The first-order valence-corrected chi connectivity index (χ1v) is 6.63. The van der Waals surface area contributed by atoms with E-state index in [4.69, 9.17) is 16.3 Å². The third-order valence-electron chi connectivity index (χ3n) is 3.03. The second kappa shape index (κ2) is 5.66. The monoisotopic (exact) mass is 305 g/mol. The van der Waals surface area contributed by atoms with Crippen LogP contribution in [0, 0.1) is 11.6 Å². The smallest absolute Gasteiger partial charge is 0.165 e. The maximum atomic E-state index is 13.5. The zero-order chi connectivity index (χ0) is 14.8. The van der Waals surface area contributed by atoms with Crippen LogP contribution in [0.15, 0.2) is 48.5 Å². The van der Waals surface area contributed by atoms with Gasteiger partial charge in [0.1, 0.15) is 17.6 Å². The summed E-state index contributed by atoms with van der Waals surface area (Å²) >= 11 is 6.08. The molecule has 0 aliphatic heterocycles. The maximum Gasteiger partial charge on any atom is 0.165 e. The van der Waals surface area contributed by atoms with E-state index in [9.17, 15) is 8.78 Å². The summed E-state index contributed by atoms with van der Waals surface area (Å²) in [6.07, 6.45) is 0. The Morgan fingerprint density at radius 2 is 1.86 bits per heavy atom. The molecule has 0 unspecified atom stereocenters. The van der Waals surface area contributed by atoms with Gasteiger partial charge in [-0.3, -0.25) is 0 Å². The van der Waals surface area contributed by atoms with Gasteiger partial charge < -0.3 is 4.74 Å². The highest BCUT2D eigenvalue weighted by atomic mass is 35.5. The first-order valence-electron chi connectivity index (χ1n) is 6.25. The largest absolute Gasteiger partial charge is 0.486 e. The Morgan fingerprint density at radius 1 is 1.05 bits per heavy atom. The molecule has 21 heavy (non-hydrogen) atoms. The molecule has 2 aromatic carbocycles. The molecule has 2 nitrogen and oxygen atoms in total. The zero-order valence-corrected chi connectivity index (χ0v) is 11.6. The number of para-hydroxylation sites is 1. The van der Waals surface area contributed by atoms with Crippen LogP contribution in [0.1, 0.15) is 5.56 Å². The van der Waals surface area contributed by atoms with E-state index in [0.717, 1.165) is 29.1 Å². The first-order chi connectivity index (χ1) is 10.1. The number of hydrogen-bond acceptors (Lipinski definition) is 2. The van der Waals surface area contributed by atoms with Gasteiger partial charge in [-0.1, -0.05) is 29.8 Å². The summed E-state index contributed by atoms with van der Waals surface area (Å²) in [6, 6.07) is 12.4. The molecule has 0 aliphatic carbocycles. The molecule has 3 aromatic rings. The fraction of sp³-hybridized carbons (Fsp3) is 0.0625. The van der Waals surface area contributed by atoms with Gasteiger partial charge in [-0.05, 0) is 24.3 Å². The molecule has 0 fully saturated rings. The fourth-order valence-electron chi connectivity index (χ4n) is 1.98. The predicted molar refractivity (Wildman–Crippen MR) is 77.4 cm³/mol. The number of fused-ring (bicyclic) bond motifs is 1. The van der Waals surface area contributed by atoms with Gasteiger partial charge in [-0.2, -0.15) is 0 Å². The van der Waals surface area contributed by atoms with Gasteiger partial charge in [0.15, 0.2) is 11.6 Å². The van der Waals surface area contributed by atoms with E-state index in [0.29, 0.717) is 5.56 Å². The van der Waals surface area contributed by atoms with Gasteiger partial charge in [0.05, 0.1) is 5.52 Å². The number of benzene rings is 2. The Kier molecular flexibility index (Phi) is 3.71. The van der Waals surface area contributed by atoms with E-state index in [-0.39, 0.29) is 17.5 Å². The van der Waals surface area contributed by atoms with Crippen LogP contribution in [0.4, 0.5) is 8.78 Å². The topological polar surface area (TPSA) is 22.1 Å². The predicted octanol–water partition coefficient (Wildman–Crippen LogP) is 4.75. The SMILES string of the molecule is Fc1ccc(F)c(OCc2cc3ccccc3nc2Cl)c1. The van der Waals surface area contributed by atoms with E-state index in [1.807, 2.05) is 30.3 Å². The summed E-state index contributed by atoms with van der Waals surface area (Å²) in [5.74, 6) is -1.34. The Hall–Kier alpha value is -2.20. The molecular formula is C16H10ClF2NO. The lowest BCUT2D eigenvalue weighted by Gasteiger charge is -2.09. The summed E-state index contributed by atoms with van der Waals surface area (Å²) in [5.41, 5.74) is 1.38. The van der Waals surface area contributed by atoms with Crippen molar-refractivity contribution in [3.8, 4) is 5.75 Å². The second-order valence-electron chi connectivity index (χ2n) is 4.49. The maximum absolute atomic E-state index is 13.5. The van der Waals surface area contributed by atoms with Crippen LogP contribution in [0.3, 0.4) is 0 Å². The zero-order valence-electron chi connectivity index (χ0n) is 10.8. The molecule has 0 N–H and O–H groups in total. The van der Waals surface area contributed by atoms with Gasteiger partial charge in [0.2, 0.25) is 0 Å². The van der Waals surface area contributed by atoms with Crippen molar-refractivity contribution in [2.75, 3.05) is 0 Å². The van der Waals surface area contributed by atoms with E-state index in [2.05, 4.69) is 4.98 Å². The molecule has 1 heterocycles. The van der Waals surface area contributed by atoms with Crippen LogP contribution < -0.4 is 4.74 Å². The van der Waals surface area contributed by atoms with Crippen LogP contribution >= 0.6 is 11.6 Å². The third-order valence-corrected chi connectivity index (χ3v) is 3.35. The molecule has 0 radical (unpaired) electrons. The van der Waals surface area contributed by atoms with E-state index in [1.54, 1.807) is 0 Å². The van der Waals surface area contributed by atoms with Crippen molar-refractivity contribution >= 4 is 22.5 Å². The third kappa shape index (κ3) is 2.95. The minimum Gasteiger partial charge on any atom is -0.486 e. The molecule has 0 amide bonds. The van der Waals surface area contributed by atoms with Crippen molar-refractivity contribution in [1.82, 2.24) is 4.98 Å². The summed E-state index contributed by atoms with van der Waals surface area (Å²) in [5, 5.41) is 1.19. The minimum absolute atomic E-state index is 0.0110. The van der Waals surface area contributed by atoms with Crippen molar-refractivity contribution in [2.45, 2.75) is 6.61 Å². The van der Waals surface area contributed by atoms with Crippen molar-refractivity contribution in [3.63, 3.8) is 0 Å². The summed E-state index contributed by atoms with van der Waals surface area (Å²) in [4.78, 5) is 4.25. The Balaban J connectivity index is 1.88. The van der Waals surface area contributed by atoms with Gasteiger partial charge in [0, 0.05) is 17.0 Å². The van der Waals surface area contributed by atoms with Gasteiger partial charge in [-0.25, -0.2) is 13.8 Å². The average molecular weight is 306 g/mol. The lowest BCUT2D eigenvalue weighted by atomic mass is 10.2. The van der Waals surface area contributed by atoms with E-state index < -0.39 is 11.6 Å². The molecule has 5 heteroatoms. The van der Waals surface area contributed by atoms with E-state index >= 15 is 0 Å². The first kappa shape index (κ1) is 13.8. The van der Waals surface area contributed by atoms with E-state index in [1.165, 1.54) is 0 Å². The highest BCUT2D eigenvalue weighted by Crippen LogP contribution is 2.24. The van der Waals surface area contributed by atoms with Crippen molar-refractivity contribution in [3.05, 3.63) is 70.9 Å². The number of hydrogen-bond donors (Lipinski definition) is 0. The van der Waals surface area contributed by atoms with Crippen LogP contribution in [-0.2, 0) is 6.61 Å². The van der Waals surface area contributed by atoms with Crippen LogP contribution in [0.2, 0.25) is 5.15 Å². The fourth-order valence-corrected chi connectivity index (χ4v) is 2.18. The molecule has 0 saturated carbocycles. The number of rotatable bonds is 3. The lowest BCUT2D eigenvalue weighted by Crippen LogP contribution is -2.00. The summed E-state index contributed by atoms with van der Waals surface area (Å²) in [6.45, 7) is 0.0110. The Bertz CT molecular complexity index is 807. The number of pyridine rings is 1.